The number of hydrogen-bond donors (Lipinski definition) is 7. The number of piperidine rings is 1. The van der Waals surface area contributed by atoms with Crippen LogP contribution in [0.25, 0.3) is 28.5 Å². The van der Waals surface area contributed by atoms with Crippen LogP contribution in [0, 0.1) is 6.92 Å². The Kier molecular flexibility index (Phi) is 14.9. The summed E-state index contributed by atoms with van der Waals surface area (Å²) in [7, 11) is 0. The highest BCUT2D eigenvalue weighted by Gasteiger charge is 2.28. The van der Waals surface area contributed by atoms with Gasteiger partial charge < -0.3 is 41.8 Å². The molecule has 68 heavy (non-hydrogen) atoms. The molecular formula is C47H49ClN14O6. The van der Waals surface area contributed by atoms with Crippen LogP contribution in [0.1, 0.15) is 69.8 Å². The summed E-state index contributed by atoms with van der Waals surface area (Å²) in [5.41, 5.74) is 11.3. The first-order chi connectivity index (χ1) is 33.0. The van der Waals surface area contributed by atoms with Crippen molar-refractivity contribution in [2.75, 3.05) is 47.9 Å². The van der Waals surface area contributed by atoms with Gasteiger partial charge in [0, 0.05) is 62.8 Å². The van der Waals surface area contributed by atoms with Gasteiger partial charge in [-0.25, -0.2) is 0 Å². The number of nitrogens with zero attached hydrogens (tertiary/aromatic N) is 8. The Morgan fingerprint density at radius 1 is 0.838 bits per heavy atom. The smallest absolute Gasteiger partial charge is 0.320 e. The molecule has 0 spiro atoms. The minimum absolute atomic E-state index is 0.0936. The van der Waals surface area contributed by atoms with E-state index in [9.17, 15) is 24.3 Å². The predicted molar refractivity (Wildman–Crippen MR) is 255 cm³/mol. The summed E-state index contributed by atoms with van der Waals surface area (Å²) in [5.74, 6) is -0.283. The Bertz CT molecular complexity index is 2910. The van der Waals surface area contributed by atoms with Crippen LogP contribution in [-0.2, 0) is 22.7 Å². The van der Waals surface area contributed by atoms with Crippen LogP contribution < -0.4 is 32.3 Å². The van der Waals surface area contributed by atoms with Crippen molar-refractivity contribution in [3.63, 3.8) is 0 Å². The number of likely N-dealkylation sites (tertiary alicyclic amines) is 1. The van der Waals surface area contributed by atoms with Crippen LogP contribution in [0.2, 0.25) is 5.02 Å². The van der Waals surface area contributed by atoms with E-state index in [0.717, 1.165) is 35.1 Å². The summed E-state index contributed by atoms with van der Waals surface area (Å²) in [5, 5.41) is 29.3. The van der Waals surface area contributed by atoms with Crippen molar-refractivity contribution >= 4 is 64.3 Å². The van der Waals surface area contributed by atoms with E-state index < -0.39 is 23.8 Å². The number of halogens is 1. The van der Waals surface area contributed by atoms with Gasteiger partial charge in [0.1, 0.15) is 17.4 Å². The van der Waals surface area contributed by atoms with Gasteiger partial charge in [-0.05, 0) is 91.4 Å². The first-order valence-corrected chi connectivity index (χ1v) is 22.4. The molecule has 0 radical (unpaired) electrons. The predicted octanol–water partition coefficient (Wildman–Crippen LogP) is 5.82. The topological polar surface area (TPSA) is 273 Å². The lowest BCUT2D eigenvalue weighted by Crippen LogP contribution is -2.44. The molecule has 21 heteroatoms. The first-order valence-electron chi connectivity index (χ1n) is 22.0. The molecule has 3 amide bonds. The molecule has 1 atom stereocenters. The second-order valence-electron chi connectivity index (χ2n) is 16.1. The van der Waals surface area contributed by atoms with E-state index in [2.05, 4.69) is 56.6 Å². The number of fused-ring (bicyclic) bond motifs is 1. The van der Waals surface area contributed by atoms with Crippen molar-refractivity contribution in [3.05, 3.63) is 125 Å². The molecular weight excluding hydrogens is 892 g/mol. The number of hydrogen-bond acceptors (Lipinski definition) is 15. The number of carbonyl (C=O) groups excluding carboxylic acids is 3. The van der Waals surface area contributed by atoms with E-state index in [1.165, 1.54) is 10.8 Å². The molecule has 20 nitrogen and oxygen atoms in total. The van der Waals surface area contributed by atoms with Gasteiger partial charge in [-0.1, -0.05) is 54.4 Å². The fraction of sp³-hybridized carbons (Fsp3) is 0.277. The summed E-state index contributed by atoms with van der Waals surface area (Å²) in [6.45, 7) is 4.87. The molecule has 350 valence electrons. The van der Waals surface area contributed by atoms with Crippen molar-refractivity contribution < 1.29 is 28.7 Å². The monoisotopic (exact) mass is 940 g/mol. The molecule has 0 saturated carbocycles. The number of nitrogen functional groups attached to an aromatic ring is 1. The quantitative estimate of drug-likeness (QED) is 0.0471. The SMILES string of the molecule is Cc1c(NC(=O)c2ccc(CNCCNC(=O)CCCNc3nc(N)n4nc(-c5ccco5)nc4n3)cn2)cccc1-c1cccc(NC(=O)c2ccc(CN3CCCC[C@H]3C(=O)O)cn2)c1Cl. The Balaban J connectivity index is 0.762. The minimum Gasteiger partial charge on any atom is -0.480 e. The standard InChI is InChI=1S/C47H49ClN14O6/c1-28-31(32-9-5-11-34(40(32)48)56-43(65)36-18-16-30(26-54-36)27-61-22-3-2-12-37(61)44(66)67)8-4-10-33(28)55-42(64)35-17-15-29(25-53-35)24-50-20-21-51-39(63)14-6-19-52-46-58-45(49)62-47(59-46)57-41(60-62)38-13-7-23-68-38/h4-5,7-11,13,15-18,23,25-26,37,50H,2-3,6,12,14,19-22,24,27H2,1H3,(H,51,63)(H,55,64)(H,56,65)(H,66,67)(H3,49,52,57,58,59,60)/t37-/m0/s1. The second kappa shape index (κ2) is 21.7. The Morgan fingerprint density at radius 2 is 1.57 bits per heavy atom. The maximum atomic E-state index is 13.3. The van der Waals surface area contributed by atoms with Crippen molar-refractivity contribution in [2.45, 2.75) is 58.2 Å². The first kappa shape index (κ1) is 46.7. The fourth-order valence-corrected chi connectivity index (χ4v) is 8.01. The van der Waals surface area contributed by atoms with Crippen LogP contribution in [0.4, 0.5) is 23.3 Å². The van der Waals surface area contributed by atoms with Crippen molar-refractivity contribution in [3.8, 4) is 22.7 Å². The summed E-state index contributed by atoms with van der Waals surface area (Å²) in [6, 6.07) is 20.6. The van der Waals surface area contributed by atoms with Gasteiger partial charge in [0.25, 0.3) is 17.6 Å². The van der Waals surface area contributed by atoms with Crippen LogP contribution in [0.15, 0.2) is 95.9 Å². The van der Waals surface area contributed by atoms with Gasteiger partial charge in [-0.2, -0.15) is 19.5 Å². The highest BCUT2D eigenvalue weighted by atomic mass is 35.5. The lowest BCUT2D eigenvalue weighted by molar-refractivity contribution is -0.144. The Morgan fingerprint density at radius 3 is 2.29 bits per heavy atom. The Hall–Kier alpha value is -7.81. The lowest BCUT2D eigenvalue weighted by atomic mass is 9.98. The largest absolute Gasteiger partial charge is 0.480 e. The number of anilines is 4. The van der Waals surface area contributed by atoms with E-state index in [1.807, 2.05) is 36.1 Å². The second-order valence-corrected chi connectivity index (χ2v) is 16.4. The number of carboxylic acids is 1. The molecule has 0 bridgehead atoms. The molecule has 8 N–H and O–H groups in total. The summed E-state index contributed by atoms with van der Waals surface area (Å²) in [6.07, 6.45) is 8.02. The molecule has 8 rings (SSSR count). The lowest BCUT2D eigenvalue weighted by Gasteiger charge is -2.32. The molecule has 1 aliphatic heterocycles. The number of nitrogens with two attached hydrogens (primary N) is 1. The normalized spacial score (nSPS) is 13.8. The van der Waals surface area contributed by atoms with Crippen molar-refractivity contribution in [2.24, 2.45) is 0 Å². The highest BCUT2D eigenvalue weighted by molar-refractivity contribution is 6.36. The fourth-order valence-electron chi connectivity index (χ4n) is 7.74. The number of carboxylic acid groups (broad SMARTS) is 1. The number of pyridine rings is 2. The number of furan rings is 1. The van der Waals surface area contributed by atoms with E-state index in [-0.39, 0.29) is 35.0 Å². The molecule has 7 aromatic rings. The molecule has 1 aliphatic rings. The third kappa shape index (κ3) is 11.4. The van der Waals surface area contributed by atoms with E-state index in [4.69, 9.17) is 21.8 Å². The molecule has 1 fully saturated rings. The van der Waals surface area contributed by atoms with E-state index >= 15 is 0 Å². The van der Waals surface area contributed by atoms with Gasteiger partial charge in [0.05, 0.1) is 17.0 Å². The number of aromatic nitrogens is 7. The van der Waals surface area contributed by atoms with Gasteiger partial charge >= 0.3 is 5.97 Å². The maximum absolute atomic E-state index is 13.3. The molecule has 2 aromatic carbocycles. The van der Waals surface area contributed by atoms with E-state index in [1.54, 1.807) is 60.9 Å². The number of benzene rings is 2. The van der Waals surface area contributed by atoms with Gasteiger partial charge in [-0.15, -0.1) is 5.10 Å². The van der Waals surface area contributed by atoms with Gasteiger partial charge in [0.15, 0.2) is 5.76 Å². The van der Waals surface area contributed by atoms with Gasteiger partial charge in [0.2, 0.25) is 23.6 Å². The van der Waals surface area contributed by atoms with E-state index in [0.29, 0.717) is 92.1 Å². The zero-order valence-electron chi connectivity index (χ0n) is 37.0. The van der Waals surface area contributed by atoms with Crippen LogP contribution in [0.5, 0.6) is 0 Å². The summed E-state index contributed by atoms with van der Waals surface area (Å²) >= 11 is 6.90. The molecule has 1 saturated heterocycles. The third-order valence-electron chi connectivity index (χ3n) is 11.3. The van der Waals surface area contributed by atoms with Gasteiger partial charge in [-0.3, -0.25) is 34.0 Å². The van der Waals surface area contributed by atoms with Crippen molar-refractivity contribution in [1.82, 2.24) is 50.1 Å². The molecule has 5 aromatic heterocycles. The number of amides is 3. The minimum atomic E-state index is -0.827. The number of carbonyl (C=O) groups is 4. The van der Waals surface area contributed by atoms with Crippen LogP contribution in [0.3, 0.4) is 0 Å². The zero-order valence-corrected chi connectivity index (χ0v) is 37.8. The number of nitrogens with one attached hydrogen (secondary N) is 5. The number of rotatable bonds is 19. The number of aliphatic carboxylic acids is 1. The molecule has 0 unspecified atom stereocenters. The van der Waals surface area contributed by atoms with Crippen LogP contribution >= 0.6 is 11.6 Å². The third-order valence-corrected chi connectivity index (χ3v) is 11.7. The Labute approximate surface area is 395 Å². The highest BCUT2D eigenvalue weighted by Crippen LogP contribution is 2.37. The zero-order chi connectivity index (χ0) is 47.6. The summed E-state index contributed by atoms with van der Waals surface area (Å²) in [4.78, 5) is 74.3. The van der Waals surface area contributed by atoms with Crippen LogP contribution in [-0.4, -0.2) is 100 Å². The average molecular weight is 941 g/mol. The average Bonchev–Trinajstić information content (AvgIpc) is 4.04. The molecule has 6 heterocycles. The maximum Gasteiger partial charge on any atom is 0.320 e. The summed E-state index contributed by atoms with van der Waals surface area (Å²) < 4.78 is 6.66. The van der Waals surface area contributed by atoms with Crippen molar-refractivity contribution in [1.29, 1.82) is 0 Å². The molecule has 0 aliphatic carbocycles.